The van der Waals surface area contributed by atoms with E-state index in [1.807, 2.05) is 11.9 Å². The van der Waals surface area contributed by atoms with Crippen LogP contribution in [-0.4, -0.2) is 37.0 Å². The summed E-state index contributed by atoms with van der Waals surface area (Å²) in [5, 5.41) is 3.30. The first-order valence-electron chi connectivity index (χ1n) is 5.61. The van der Waals surface area contributed by atoms with Crippen molar-refractivity contribution in [3.63, 3.8) is 0 Å². The van der Waals surface area contributed by atoms with Gasteiger partial charge in [0.05, 0.1) is 0 Å². The van der Waals surface area contributed by atoms with Gasteiger partial charge in [-0.15, -0.1) is 12.4 Å². The van der Waals surface area contributed by atoms with Gasteiger partial charge in [0.15, 0.2) is 0 Å². The molecule has 1 unspecified atom stereocenters. The fraction of sp³-hybridized carbons (Fsp3) is 0.909. The van der Waals surface area contributed by atoms with Gasteiger partial charge < -0.3 is 10.2 Å². The number of hydrogen-bond donors (Lipinski definition) is 1. The molecule has 15 heavy (non-hydrogen) atoms. The topological polar surface area (TPSA) is 32.3 Å². The fourth-order valence-corrected chi connectivity index (χ4v) is 2.48. The van der Waals surface area contributed by atoms with Crippen LogP contribution < -0.4 is 5.32 Å². The molecule has 0 bridgehead atoms. The van der Waals surface area contributed by atoms with E-state index in [4.69, 9.17) is 0 Å². The Morgan fingerprint density at radius 1 is 1.47 bits per heavy atom. The molecule has 0 radical (unpaired) electrons. The summed E-state index contributed by atoms with van der Waals surface area (Å²) in [7, 11) is 1.96. The van der Waals surface area contributed by atoms with Gasteiger partial charge in [-0.2, -0.15) is 0 Å². The maximum atomic E-state index is 12.1. The molecule has 1 aliphatic heterocycles. The summed E-state index contributed by atoms with van der Waals surface area (Å²) in [6.45, 7) is 4.13. The Morgan fingerprint density at radius 3 is 2.53 bits per heavy atom. The highest BCUT2D eigenvalue weighted by Gasteiger charge is 2.42. The molecule has 4 heteroatoms. The summed E-state index contributed by atoms with van der Waals surface area (Å²) in [5.74, 6) is 0.359. The molecule has 0 spiro atoms. The van der Waals surface area contributed by atoms with E-state index < -0.39 is 0 Å². The molecule has 2 aliphatic rings. The molecule has 3 nitrogen and oxygen atoms in total. The number of halogens is 1. The largest absolute Gasteiger partial charge is 0.341 e. The predicted octanol–water partition coefficient (Wildman–Crippen LogP) is 1.42. The number of likely N-dealkylation sites (N-methyl/N-ethyl adjacent to an activating group) is 1. The van der Waals surface area contributed by atoms with E-state index in [1.54, 1.807) is 0 Å². The van der Waals surface area contributed by atoms with Crippen LogP contribution in [0.25, 0.3) is 0 Å². The molecule has 2 rings (SSSR count). The maximum absolute atomic E-state index is 12.1. The van der Waals surface area contributed by atoms with Crippen molar-refractivity contribution >= 4 is 18.3 Å². The number of carbonyl (C=O) groups is 1. The van der Waals surface area contributed by atoms with Crippen LogP contribution in [0, 0.1) is 5.41 Å². The Bertz CT molecular complexity index is 235. The highest BCUT2D eigenvalue weighted by molar-refractivity contribution is 5.85. The lowest BCUT2D eigenvalue weighted by atomic mass is 9.69. The molecule has 1 heterocycles. The SMILES string of the molecule is CN(C(=O)C1(C)CCC1)C1CCNC1.Cl. The Balaban J connectivity index is 0.00000112. The minimum atomic E-state index is -0.0304. The second-order valence-corrected chi connectivity index (χ2v) is 4.98. The van der Waals surface area contributed by atoms with E-state index >= 15 is 0 Å². The number of carbonyl (C=O) groups excluding carboxylic acids is 1. The van der Waals surface area contributed by atoms with Gasteiger partial charge in [0, 0.05) is 25.0 Å². The number of amides is 1. The first-order chi connectivity index (χ1) is 6.63. The van der Waals surface area contributed by atoms with Crippen molar-refractivity contribution in [1.29, 1.82) is 0 Å². The average Bonchev–Trinajstić information content (AvgIpc) is 2.64. The zero-order valence-corrected chi connectivity index (χ0v) is 10.4. The molecular weight excluding hydrogens is 212 g/mol. The van der Waals surface area contributed by atoms with Crippen molar-refractivity contribution in [2.45, 2.75) is 38.6 Å². The van der Waals surface area contributed by atoms with Crippen LogP contribution in [0.4, 0.5) is 0 Å². The molecule has 1 saturated carbocycles. The quantitative estimate of drug-likeness (QED) is 0.781. The molecule has 1 aliphatic carbocycles. The van der Waals surface area contributed by atoms with Gasteiger partial charge in [-0.25, -0.2) is 0 Å². The molecule has 0 aromatic carbocycles. The first kappa shape index (κ1) is 12.8. The fourth-order valence-electron chi connectivity index (χ4n) is 2.48. The van der Waals surface area contributed by atoms with Crippen LogP contribution in [0.3, 0.4) is 0 Å². The number of nitrogens with one attached hydrogen (secondary N) is 1. The van der Waals surface area contributed by atoms with E-state index in [-0.39, 0.29) is 17.8 Å². The average molecular weight is 233 g/mol. The summed E-state index contributed by atoms with van der Waals surface area (Å²) in [6, 6.07) is 0.430. The van der Waals surface area contributed by atoms with E-state index in [1.165, 1.54) is 6.42 Å². The van der Waals surface area contributed by atoms with Gasteiger partial charge in [-0.1, -0.05) is 13.3 Å². The Labute approximate surface area is 98.0 Å². The monoisotopic (exact) mass is 232 g/mol. The third-order valence-electron chi connectivity index (χ3n) is 3.88. The van der Waals surface area contributed by atoms with E-state index in [9.17, 15) is 4.79 Å². The Kier molecular flexibility index (Phi) is 4.01. The van der Waals surface area contributed by atoms with Gasteiger partial charge in [0.25, 0.3) is 0 Å². The van der Waals surface area contributed by atoms with Gasteiger partial charge >= 0.3 is 0 Å². The van der Waals surface area contributed by atoms with Crippen LogP contribution in [0.2, 0.25) is 0 Å². The zero-order chi connectivity index (χ0) is 10.2. The maximum Gasteiger partial charge on any atom is 0.228 e. The zero-order valence-electron chi connectivity index (χ0n) is 9.58. The molecule has 1 atom stereocenters. The highest BCUT2D eigenvalue weighted by atomic mass is 35.5. The molecule has 1 amide bonds. The lowest BCUT2D eigenvalue weighted by Gasteiger charge is -2.41. The third-order valence-corrected chi connectivity index (χ3v) is 3.88. The molecule has 1 saturated heterocycles. The minimum Gasteiger partial charge on any atom is -0.341 e. The van der Waals surface area contributed by atoms with Gasteiger partial charge in [0.1, 0.15) is 0 Å². The summed E-state index contributed by atoms with van der Waals surface area (Å²) >= 11 is 0. The summed E-state index contributed by atoms with van der Waals surface area (Å²) in [5.41, 5.74) is -0.0304. The first-order valence-corrected chi connectivity index (χ1v) is 5.61. The van der Waals surface area contributed by atoms with E-state index in [0.29, 0.717) is 11.9 Å². The minimum absolute atomic E-state index is 0. The van der Waals surface area contributed by atoms with Crippen molar-refractivity contribution in [3.05, 3.63) is 0 Å². The standard InChI is InChI=1S/C11H20N2O.ClH/c1-11(5-3-6-11)10(14)13(2)9-4-7-12-8-9;/h9,12H,3-8H2,1-2H3;1H. The Morgan fingerprint density at radius 2 is 2.13 bits per heavy atom. The smallest absolute Gasteiger partial charge is 0.228 e. The summed E-state index contributed by atoms with van der Waals surface area (Å²) in [6.07, 6.45) is 4.49. The third kappa shape index (κ3) is 2.28. The second-order valence-electron chi connectivity index (χ2n) is 4.98. The predicted molar refractivity (Wildman–Crippen MR) is 63.3 cm³/mol. The van der Waals surface area contributed by atoms with Crippen molar-refractivity contribution in [3.8, 4) is 0 Å². The Hall–Kier alpha value is -0.280. The number of nitrogens with zero attached hydrogens (tertiary/aromatic N) is 1. The normalized spacial score (nSPS) is 27.7. The highest BCUT2D eigenvalue weighted by Crippen LogP contribution is 2.42. The van der Waals surface area contributed by atoms with Crippen molar-refractivity contribution < 1.29 is 4.79 Å². The van der Waals surface area contributed by atoms with Crippen molar-refractivity contribution in [2.24, 2.45) is 5.41 Å². The summed E-state index contributed by atoms with van der Waals surface area (Å²) in [4.78, 5) is 14.1. The van der Waals surface area contributed by atoms with Gasteiger partial charge in [-0.3, -0.25) is 4.79 Å². The molecule has 0 aromatic heterocycles. The lowest BCUT2D eigenvalue weighted by Crippen LogP contribution is -2.49. The van der Waals surface area contributed by atoms with Crippen LogP contribution in [-0.2, 0) is 4.79 Å². The lowest BCUT2D eigenvalue weighted by molar-refractivity contribution is -0.146. The van der Waals surface area contributed by atoms with Gasteiger partial charge in [0.2, 0.25) is 5.91 Å². The molecule has 88 valence electrons. The number of hydrogen-bond acceptors (Lipinski definition) is 2. The summed E-state index contributed by atoms with van der Waals surface area (Å²) < 4.78 is 0. The van der Waals surface area contributed by atoms with E-state index in [0.717, 1.165) is 32.4 Å². The van der Waals surface area contributed by atoms with Crippen molar-refractivity contribution in [2.75, 3.05) is 20.1 Å². The molecular formula is C11H21ClN2O. The van der Waals surface area contributed by atoms with E-state index in [2.05, 4.69) is 12.2 Å². The van der Waals surface area contributed by atoms with Crippen LogP contribution >= 0.6 is 12.4 Å². The van der Waals surface area contributed by atoms with Gasteiger partial charge in [-0.05, 0) is 25.8 Å². The van der Waals surface area contributed by atoms with Crippen LogP contribution in [0.1, 0.15) is 32.6 Å². The van der Waals surface area contributed by atoms with Crippen molar-refractivity contribution in [1.82, 2.24) is 10.2 Å². The number of rotatable bonds is 2. The molecule has 0 aromatic rings. The second kappa shape index (κ2) is 4.71. The van der Waals surface area contributed by atoms with Crippen LogP contribution in [0.15, 0.2) is 0 Å². The molecule has 2 fully saturated rings. The molecule has 1 N–H and O–H groups in total. The van der Waals surface area contributed by atoms with Crippen LogP contribution in [0.5, 0.6) is 0 Å².